The van der Waals surface area contributed by atoms with Crippen molar-refractivity contribution in [1.29, 1.82) is 0 Å². The normalized spacial score (nSPS) is 16.8. The first-order valence-corrected chi connectivity index (χ1v) is 13.5. The minimum absolute atomic E-state index is 0.207. The molecule has 0 aliphatic carbocycles. The Bertz CT molecular complexity index is 1620. The van der Waals surface area contributed by atoms with Gasteiger partial charge >= 0.3 is 0 Å². The minimum Gasteiger partial charge on any atom is -0.459 e. The number of nitrogens with zero attached hydrogens (tertiary/aromatic N) is 2. The van der Waals surface area contributed by atoms with E-state index < -0.39 is 0 Å². The van der Waals surface area contributed by atoms with Crippen LogP contribution in [0.1, 0.15) is 34.7 Å². The van der Waals surface area contributed by atoms with E-state index in [1.165, 1.54) is 5.56 Å². The average molecular weight is 552 g/mol. The van der Waals surface area contributed by atoms with Crippen LogP contribution >= 0.6 is 23.8 Å². The van der Waals surface area contributed by atoms with Crippen molar-refractivity contribution in [2.45, 2.75) is 25.9 Å². The van der Waals surface area contributed by atoms with Crippen molar-refractivity contribution in [3.63, 3.8) is 0 Å². The van der Waals surface area contributed by atoms with Crippen molar-refractivity contribution in [2.75, 3.05) is 4.90 Å². The summed E-state index contributed by atoms with van der Waals surface area (Å²) in [5.74, 6) is 3.06. The first-order chi connectivity index (χ1) is 19.0. The molecule has 1 saturated heterocycles. The Balaban J connectivity index is 1.36. The quantitative estimate of drug-likeness (QED) is 0.213. The highest BCUT2D eigenvalue weighted by atomic mass is 35.5. The van der Waals surface area contributed by atoms with Crippen molar-refractivity contribution in [1.82, 2.24) is 10.3 Å². The molecule has 6 rings (SSSR count). The van der Waals surface area contributed by atoms with Gasteiger partial charge in [-0.1, -0.05) is 41.4 Å². The third-order valence-corrected chi connectivity index (χ3v) is 7.40. The Kier molecular flexibility index (Phi) is 6.81. The van der Waals surface area contributed by atoms with Gasteiger partial charge in [0.2, 0.25) is 0 Å². The number of pyridine rings is 1. The molecule has 0 saturated carbocycles. The van der Waals surface area contributed by atoms with E-state index in [4.69, 9.17) is 33.0 Å². The predicted octanol–water partition coefficient (Wildman–Crippen LogP) is 8.58. The number of thiocarbonyl (C=S) groups is 1. The van der Waals surface area contributed by atoms with Crippen LogP contribution in [0.15, 0.2) is 108 Å². The Labute approximate surface area is 238 Å². The summed E-state index contributed by atoms with van der Waals surface area (Å²) in [6.45, 7) is 4.10. The fourth-order valence-corrected chi connectivity index (χ4v) is 5.37. The van der Waals surface area contributed by atoms with E-state index in [2.05, 4.69) is 22.1 Å². The highest BCUT2D eigenvalue weighted by molar-refractivity contribution is 7.80. The molecular weight excluding hydrogens is 526 g/mol. The van der Waals surface area contributed by atoms with E-state index in [0.717, 1.165) is 45.5 Å². The lowest BCUT2D eigenvalue weighted by atomic mass is 10.0. The zero-order valence-electron chi connectivity index (χ0n) is 21.5. The van der Waals surface area contributed by atoms with Crippen LogP contribution in [0.3, 0.4) is 0 Å². The SMILES string of the molecule is Cc1ccc(Oc2ccc(N3C(=S)N[C@H](c4ccccn4)[C@H]3c3ccc(-c4cc(Cl)ccc4C)o3)cc2)cc1. The lowest BCUT2D eigenvalue weighted by Gasteiger charge is -2.26. The number of anilines is 1. The molecule has 0 spiro atoms. The number of aromatic nitrogens is 1. The molecule has 194 valence electrons. The van der Waals surface area contributed by atoms with E-state index in [0.29, 0.717) is 10.1 Å². The molecule has 0 bridgehead atoms. The predicted molar refractivity (Wildman–Crippen MR) is 160 cm³/mol. The fraction of sp³-hybridized carbons (Fsp3) is 0.125. The maximum absolute atomic E-state index is 6.50. The molecule has 3 heterocycles. The summed E-state index contributed by atoms with van der Waals surface area (Å²) in [7, 11) is 0. The van der Waals surface area contributed by atoms with Crippen molar-refractivity contribution in [2.24, 2.45) is 0 Å². The number of furan rings is 1. The molecule has 5 aromatic rings. The van der Waals surface area contributed by atoms with Crippen LogP contribution in [0.2, 0.25) is 5.02 Å². The van der Waals surface area contributed by atoms with Gasteiger partial charge in [-0.2, -0.15) is 0 Å². The molecule has 3 aromatic carbocycles. The van der Waals surface area contributed by atoms with Crippen LogP contribution in [0.25, 0.3) is 11.3 Å². The highest BCUT2D eigenvalue weighted by Crippen LogP contribution is 2.43. The van der Waals surface area contributed by atoms with Crippen LogP contribution in [-0.4, -0.2) is 10.1 Å². The van der Waals surface area contributed by atoms with Gasteiger partial charge < -0.3 is 19.4 Å². The summed E-state index contributed by atoms with van der Waals surface area (Å²) in [5.41, 5.74) is 5.03. The van der Waals surface area contributed by atoms with Gasteiger partial charge in [-0.3, -0.25) is 4.98 Å². The van der Waals surface area contributed by atoms with Gasteiger partial charge in [-0.15, -0.1) is 0 Å². The second kappa shape index (κ2) is 10.6. The first kappa shape index (κ1) is 25.2. The van der Waals surface area contributed by atoms with Crippen molar-refractivity contribution in [3.05, 3.63) is 131 Å². The van der Waals surface area contributed by atoms with Crippen LogP contribution in [0, 0.1) is 13.8 Å². The zero-order valence-corrected chi connectivity index (χ0v) is 23.0. The molecule has 2 aromatic heterocycles. The number of ether oxygens (including phenoxy) is 1. The monoisotopic (exact) mass is 551 g/mol. The van der Waals surface area contributed by atoms with Crippen molar-refractivity contribution < 1.29 is 9.15 Å². The number of nitrogens with one attached hydrogen (secondary N) is 1. The van der Waals surface area contributed by atoms with Gasteiger partial charge in [0, 0.05) is 22.5 Å². The summed E-state index contributed by atoms with van der Waals surface area (Å²) in [6.07, 6.45) is 1.79. The summed E-state index contributed by atoms with van der Waals surface area (Å²) >= 11 is 12.2. The molecule has 1 aliphatic rings. The maximum Gasteiger partial charge on any atom is 0.174 e. The third-order valence-electron chi connectivity index (χ3n) is 6.85. The minimum atomic E-state index is -0.260. The number of hydrogen-bond acceptors (Lipinski definition) is 4. The van der Waals surface area contributed by atoms with E-state index in [-0.39, 0.29) is 12.1 Å². The molecule has 39 heavy (non-hydrogen) atoms. The highest BCUT2D eigenvalue weighted by Gasteiger charge is 2.42. The van der Waals surface area contributed by atoms with E-state index in [9.17, 15) is 0 Å². The first-order valence-electron chi connectivity index (χ1n) is 12.7. The van der Waals surface area contributed by atoms with Crippen LogP contribution in [0.4, 0.5) is 5.69 Å². The molecule has 0 radical (unpaired) electrons. The van der Waals surface area contributed by atoms with Gasteiger partial charge in [0.15, 0.2) is 5.11 Å². The zero-order chi connectivity index (χ0) is 26.9. The lowest BCUT2D eigenvalue weighted by Crippen LogP contribution is -2.29. The second-order valence-corrected chi connectivity index (χ2v) is 10.4. The van der Waals surface area contributed by atoms with Gasteiger partial charge in [0.05, 0.1) is 11.7 Å². The molecule has 0 unspecified atom stereocenters. The number of hydrogen-bond donors (Lipinski definition) is 1. The largest absolute Gasteiger partial charge is 0.459 e. The second-order valence-electron chi connectivity index (χ2n) is 9.57. The molecule has 5 nitrogen and oxygen atoms in total. The van der Waals surface area contributed by atoms with E-state index >= 15 is 0 Å². The Morgan fingerprint density at radius 3 is 2.36 bits per heavy atom. The molecule has 2 atom stereocenters. The third kappa shape index (κ3) is 5.13. The average Bonchev–Trinajstić information content (AvgIpc) is 3.57. The smallest absolute Gasteiger partial charge is 0.174 e. The maximum atomic E-state index is 6.50. The van der Waals surface area contributed by atoms with Gasteiger partial charge in [0.25, 0.3) is 0 Å². The number of rotatable bonds is 6. The van der Waals surface area contributed by atoms with Crippen LogP contribution < -0.4 is 15.0 Å². The van der Waals surface area contributed by atoms with Gasteiger partial charge in [0.1, 0.15) is 29.1 Å². The van der Waals surface area contributed by atoms with Crippen LogP contribution in [0.5, 0.6) is 11.5 Å². The lowest BCUT2D eigenvalue weighted by molar-refractivity contribution is 0.439. The number of benzene rings is 3. The standard InChI is InChI=1S/C32H26ClN3O2S/c1-20-6-12-24(13-7-20)37-25-14-10-23(11-15-25)36-31(30(35-32(36)39)27-5-3-4-18-34-27)29-17-16-28(38-29)26-19-22(33)9-8-21(26)2/h3-19,30-31H,1-2H3,(H,35,39)/t30-,31-/m1/s1. The molecule has 1 N–H and O–H groups in total. The summed E-state index contributed by atoms with van der Waals surface area (Å²) < 4.78 is 12.5. The number of aryl methyl sites for hydroxylation is 2. The Hall–Kier alpha value is -4.13. The molecule has 1 fully saturated rings. The molecular formula is C32H26ClN3O2S. The summed E-state index contributed by atoms with van der Waals surface area (Å²) in [5, 5.41) is 4.74. The van der Waals surface area contributed by atoms with E-state index in [1.54, 1.807) is 6.20 Å². The van der Waals surface area contributed by atoms with Gasteiger partial charge in [-0.05, 0) is 104 Å². The topological polar surface area (TPSA) is 50.5 Å². The number of halogens is 1. The molecule has 0 amide bonds. The van der Waals surface area contributed by atoms with E-state index in [1.807, 2.05) is 104 Å². The van der Waals surface area contributed by atoms with Gasteiger partial charge in [-0.25, -0.2) is 0 Å². The van der Waals surface area contributed by atoms with Crippen molar-refractivity contribution in [3.8, 4) is 22.8 Å². The summed E-state index contributed by atoms with van der Waals surface area (Å²) in [4.78, 5) is 6.71. The molecule has 7 heteroatoms. The Morgan fingerprint density at radius 2 is 1.64 bits per heavy atom. The Morgan fingerprint density at radius 1 is 0.897 bits per heavy atom. The van der Waals surface area contributed by atoms with Crippen LogP contribution in [-0.2, 0) is 0 Å². The molecule has 1 aliphatic heterocycles. The fourth-order valence-electron chi connectivity index (χ4n) is 4.86. The van der Waals surface area contributed by atoms with Crippen molar-refractivity contribution >= 4 is 34.6 Å². The summed E-state index contributed by atoms with van der Waals surface area (Å²) in [6, 6.07) is 31.1.